The van der Waals surface area contributed by atoms with E-state index in [1.54, 1.807) is 26.2 Å². The van der Waals surface area contributed by atoms with Crippen molar-refractivity contribution in [2.75, 3.05) is 19.4 Å². The molecule has 2 N–H and O–H groups in total. The van der Waals surface area contributed by atoms with Crippen LogP contribution >= 0.6 is 0 Å². The van der Waals surface area contributed by atoms with E-state index in [-0.39, 0.29) is 23.7 Å². The van der Waals surface area contributed by atoms with Crippen LogP contribution in [0.1, 0.15) is 41.5 Å². The summed E-state index contributed by atoms with van der Waals surface area (Å²) in [4.78, 5) is 29.6. The molecule has 132 valence electrons. The summed E-state index contributed by atoms with van der Waals surface area (Å²) < 4.78 is 0. The van der Waals surface area contributed by atoms with Gasteiger partial charge in [-0.1, -0.05) is 31.2 Å². The number of carbonyl (C=O) groups excluding carboxylic acids is 2. The highest BCUT2D eigenvalue weighted by Crippen LogP contribution is 2.15. The van der Waals surface area contributed by atoms with Crippen LogP contribution in [0.15, 0.2) is 42.6 Å². The number of carbonyl (C=O) groups is 2. The van der Waals surface area contributed by atoms with Gasteiger partial charge in [0.25, 0.3) is 5.91 Å². The van der Waals surface area contributed by atoms with Crippen molar-refractivity contribution >= 4 is 17.6 Å². The van der Waals surface area contributed by atoms with E-state index in [2.05, 4.69) is 34.7 Å². The van der Waals surface area contributed by atoms with Gasteiger partial charge in [-0.05, 0) is 36.6 Å². The molecule has 25 heavy (non-hydrogen) atoms. The summed E-state index contributed by atoms with van der Waals surface area (Å²) in [5.41, 5.74) is 3.10. The van der Waals surface area contributed by atoms with Gasteiger partial charge in [0.15, 0.2) is 0 Å². The highest BCUT2D eigenvalue weighted by atomic mass is 16.2. The Morgan fingerprint density at radius 2 is 1.84 bits per heavy atom. The Balaban J connectivity index is 1.99. The number of hydrogen-bond donors (Lipinski definition) is 2. The van der Waals surface area contributed by atoms with Crippen LogP contribution in [0, 0.1) is 0 Å². The lowest BCUT2D eigenvalue weighted by molar-refractivity contribution is 0.0822. The van der Waals surface area contributed by atoms with E-state index in [1.807, 2.05) is 19.1 Å². The van der Waals surface area contributed by atoms with Crippen molar-refractivity contribution < 1.29 is 9.59 Å². The highest BCUT2D eigenvalue weighted by Gasteiger charge is 2.13. The Kier molecular flexibility index (Phi) is 6.11. The number of amides is 3. The fraction of sp³-hybridized carbons (Fsp3) is 0.316. The van der Waals surface area contributed by atoms with Crippen LogP contribution < -0.4 is 10.6 Å². The number of rotatable bonds is 5. The molecule has 2 aromatic rings. The van der Waals surface area contributed by atoms with Crippen LogP contribution in [0.5, 0.6) is 0 Å². The van der Waals surface area contributed by atoms with Crippen molar-refractivity contribution in [2.45, 2.75) is 26.3 Å². The third-order valence-electron chi connectivity index (χ3n) is 3.88. The molecule has 0 saturated heterocycles. The molecule has 1 heterocycles. The minimum Gasteiger partial charge on any atom is -0.343 e. The molecule has 0 radical (unpaired) electrons. The topological polar surface area (TPSA) is 74.3 Å². The highest BCUT2D eigenvalue weighted by molar-refractivity contribution is 5.95. The predicted molar refractivity (Wildman–Crippen MR) is 98.6 cm³/mol. The Morgan fingerprint density at radius 3 is 2.44 bits per heavy atom. The van der Waals surface area contributed by atoms with E-state index in [1.165, 1.54) is 16.7 Å². The summed E-state index contributed by atoms with van der Waals surface area (Å²) in [6.45, 7) is 4.03. The van der Waals surface area contributed by atoms with E-state index < -0.39 is 0 Å². The Hall–Kier alpha value is -2.89. The monoisotopic (exact) mass is 340 g/mol. The Morgan fingerprint density at radius 1 is 1.16 bits per heavy atom. The van der Waals surface area contributed by atoms with Crippen LogP contribution in [-0.2, 0) is 6.42 Å². The number of pyridine rings is 1. The molecular formula is C19H24N4O2. The molecule has 6 nitrogen and oxygen atoms in total. The standard InChI is InChI=1S/C19H24N4O2/c1-5-14-6-8-15(9-7-14)13(2)21-19(25)22-16-10-11-20-17(12-16)18(24)23(3)4/h6-13H,5H2,1-4H3,(H2,20,21,22,25). The number of urea groups is 1. The summed E-state index contributed by atoms with van der Waals surface area (Å²) in [6, 6.07) is 10.9. The molecule has 1 aromatic carbocycles. The summed E-state index contributed by atoms with van der Waals surface area (Å²) in [6.07, 6.45) is 2.48. The average molecular weight is 340 g/mol. The maximum Gasteiger partial charge on any atom is 0.319 e. The first kappa shape index (κ1) is 18.4. The molecule has 1 unspecified atom stereocenters. The van der Waals surface area contributed by atoms with E-state index in [9.17, 15) is 9.59 Å². The first-order valence-electron chi connectivity index (χ1n) is 8.24. The average Bonchev–Trinajstić information content (AvgIpc) is 2.61. The predicted octanol–water partition coefficient (Wildman–Crippen LogP) is 3.23. The molecular weight excluding hydrogens is 316 g/mol. The fourth-order valence-electron chi connectivity index (χ4n) is 2.34. The van der Waals surface area contributed by atoms with Gasteiger partial charge in [-0.15, -0.1) is 0 Å². The zero-order chi connectivity index (χ0) is 18.4. The van der Waals surface area contributed by atoms with Crippen LogP contribution in [0.4, 0.5) is 10.5 Å². The molecule has 0 bridgehead atoms. The number of benzene rings is 1. The van der Waals surface area contributed by atoms with Gasteiger partial charge < -0.3 is 15.5 Å². The lowest BCUT2D eigenvalue weighted by atomic mass is 10.1. The van der Waals surface area contributed by atoms with Crippen molar-refractivity contribution in [3.8, 4) is 0 Å². The van der Waals surface area contributed by atoms with E-state index in [0.29, 0.717) is 5.69 Å². The summed E-state index contributed by atoms with van der Waals surface area (Å²) >= 11 is 0. The second-order valence-electron chi connectivity index (χ2n) is 6.04. The van der Waals surface area contributed by atoms with Crippen LogP contribution in [0.25, 0.3) is 0 Å². The molecule has 3 amide bonds. The number of nitrogens with one attached hydrogen (secondary N) is 2. The van der Waals surface area contributed by atoms with E-state index in [4.69, 9.17) is 0 Å². The fourth-order valence-corrected chi connectivity index (χ4v) is 2.34. The maximum absolute atomic E-state index is 12.2. The second-order valence-corrected chi connectivity index (χ2v) is 6.04. The van der Waals surface area contributed by atoms with Crippen LogP contribution in [0.3, 0.4) is 0 Å². The largest absolute Gasteiger partial charge is 0.343 e. The van der Waals surface area contributed by atoms with Gasteiger partial charge in [0.2, 0.25) is 0 Å². The van der Waals surface area contributed by atoms with Gasteiger partial charge in [-0.2, -0.15) is 0 Å². The van der Waals surface area contributed by atoms with Crippen molar-refractivity contribution in [1.82, 2.24) is 15.2 Å². The van der Waals surface area contributed by atoms with Crippen molar-refractivity contribution in [1.29, 1.82) is 0 Å². The molecule has 1 aromatic heterocycles. The lowest BCUT2D eigenvalue weighted by Gasteiger charge is -2.16. The molecule has 1 atom stereocenters. The van der Waals surface area contributed by atoms with Gasteiger partial charge in [-0.3, -0.25) is 9.78 Å². The third-order valence-corrected chi connectivity index (χ3v) is 3.88. The summed E-state index contributed by atoms with van der Waals surface area (Å²) in [5, 5.41) is 5.63. The third kappa shape index (κ3) is 5.04. The van der Waals surface area contributed by atoms with Gasteiger partial charge in [0.05, 0.1) is 6.04 Å². The number of anilines is 1. The van der Waals surface area contributed by atoms with Crippen LogP contribution in [-0.4, -0.2) is 35.9 Å². The summed E-state index contributed by atoms with van der Waals surface area (Å²) in [7, 11) is 3.31. The minimum atomic E-state index is -0.332. The lowest BCUT2D eigenvalue weighted by Crippen LogP contribution is -2.31. The molecule has 2 rings (SSSR count). The zero-order valence-corrected chi connectivity index (χ0v) is 15.0. The molecule has 0 aliphatic rings. The van der Waals surface area contributed by atoms with E-state index in [0.717, 1.165) is 12.0 Å². The summed E-state index contributed by atoms with van der Waals surface area (Å²) in [5.74, 6) is -0.214. The minimum absolute atomic E-state index is 0.129. The molecule has 0 fully saturated rings. The van der Waals surface area contributed by atoms with E-state index >= 15 is 0 Å². The van der Waals surface area contributed by atoms with Gasteiger partial charge in [-0.25, -0.2) is 4.79 Å². The zero-order valence-electron chi connectivity index (χ0n) is 15.0. The molecule has 0 saturated carbocycles. The Bertz CT molecular complexity index is 741. The number of hydrogen-bond acceptors (Lipinski definition) is 3. The molecule has 0 aliphatic carbocycles. The smallest absolute Gasteiger partial charge is 0.319 e. The first-order chi connectivity index (χ1) is 11.9. The molecule has 0 aliphatic heterocycles. The van der Waals surface area contributed by atoms with Crippen molar-refractivity contribution in [3.05, 3.63) is 59.4 Å². The normalized spacial score (nSPS) is 11.5. The number of nitrogens with zero attached hydrogens (tertiary/aromatic N) is 2. The Labute approximate surface area is 148 Å². The van der Waals surface area contributed by atoms with Crippen molar-refractivity contribution in [3.63, 3.8) is 0 Å². The quantitative estimate of drug-likeness (QED) is 0.877. The molecule has 0 spiro atoms. The van der Waals surface area contributed by atoms with Crippen molar-refractivity contribution in [2.24, 2.45) is 0 Å². The van der Waals surface area contributed by atoms with Crippen LogP contribution in [0.2, 0.25) is 0 Å². The SMILES string of the molecule is CCc1ccc(C(C)NC(=O)Nc2ccnc(C(=O)N(C)C)c2)cc1. The maximum atomic E-state index is 12.2. The second kappa shape index (κ2) is 8.28. The first-order valence-corrected chi connectivity index (χ1v) is 8.24. The van der Waals surface area contributed by atoms with Gasteiger partial charge in [0.1, 0.15) is 5.69 Å². The van der Waals surface area contributed by atoms with Gasteiger partial charge in [0, 0.05) is 26.0 Å². The number of aryl methyl sites for hydroxylation is 1. The molecule has 6 heteroatoms. The number of aromatic nitrogens is 1. The van der Waals surface area contributed by atoms with Gasteiger partial charge >= 0.3 is 6.03 Å².